The molecule has 1 atom stereocenters. The molecule has 0 radical (unpaired) electrons. The summed E-state index contributed by atoms with van der Waals surface area (Å²) in [4.78, 5) is 30.3. The van der Waals surface area contributed by atoms with Crippen molar-refractivity contribution in [3.05, 3.63) is 105 Å². The molecule has 1 aliphatic carbocycles. The number of hydrogen-bond donors (Lipinski definition) is 1. The summed E-state index contributed by atoms with van der Waals surface area (Å²) in [5.74, 6) is 0.470. The van der Waals surface area contributed by atoms with Crippen molar-refractivity contribution in [2.45, 2.75) is 25.2 Å². The Hall–Kier alpha value is -4.08. The molecule has 0 spiro atoms. The van der Waals surface area contributed by atoms with Crippen LogP contribution >= 0.6 is 0 Å². The monoisotopic (exact) mass is 470 g/mol. The fraction of sp³-hybridized carbons (Fsp3) is 0.208. The molecule has 1 heterocycles. The zero-order valence-electron chi connectivity index (χ0n) is 18.1. The van der Waals surface area contributed by atoms with Gasteiger partial charge in [-0.25, -0.2) is 14.2 Å². The van der Waals surface area contributed by atoms with Gasteiger partial charge < -0.3 is 10.1 Å². The van der Waals surface area contributed by atoms with Crippen LogP contribution in [0.15, 0.2) is 82.4 Å². The zero-order valence-corrected chi connectivity index (χ0v) is 18.1. The predicted octanol–water partition coefficient (Wildman–Crippen LogP) is 4.28. The van der Waals surface area contributed by atoms with Gasteiger partial charge >= 0.3 is 17.6 Å². The van der Waals surface area contributed by atoms with Gasteiger partial charge in [-0.05, 0) is 42.3 Å². The van der Waals surface area contributed by atoms with Crippen molar-refractivity contribution < 1.29 is 17.9 Å². The number of aromatic nitrogens is 3. The molecule has 0 saturated carbocycles. The van der Waals surface area contributed by atoms with Crippen molar-refractivity contribution in [2.75, 3.05) is 12.4 Å². The normalized spacial score (nSPS) is 15.4. The van der Waals surface area contributed by atoms with Crippen LogP contribution in [0.4, 0.5) is 24.8 Å². The third-order valence-electron chi connectivity index (χ3n) is 5.34. The van der Waals surface area contributed by atoms with Gasteiger partial charge in [0, 0.05) is 5.69 Å². The Bertz CT molecular complexity index is 1360. The number of nitrogens with zero attached hydrogens (tertiary/aromatic N) is 3. The lowest BCUT2D eigenvalue weighted by atomic mass is 10.1. The first-order valence-electron chi connectivity index (χ1n) is 10.4. The fourth-order valence-electron chi connectivity index (χ4n) is 3.60. The number of rotatable bonds is 6. The maximum absolute atomic E-state index is 13.4. The summed E-state index contributed by atoms with van der Waals surface area (Å²) in [6.07, 6.45) is 3.01. The van der Waals surface area contributed by atoms with E-state index in [0.29, 0.717) is 17.7 Å². The molecule has 4 rings (SSSR count). The molecule has 10 heteroatoms. The number of ether oxygens (including phenoxy) is 1. The van der Waals surface area contributed by atoms with E-state index >= 15 is 0 Å². The maximum atomic E-state index is 13.4. The van der Waals surface area contributed by atoms with Crippen molar-refractivity contribution in [2.24, 2.45) is 0 Å². The third-order valence-corrected chi connectivity index (χ3v) is 5.34. The Kier molecular flexibility index (Phi) is 6.40. The number of hydrogen-bond acceptors (Lipinski definition) is 5. The Morgan fingerprint density at radius 3 is 2.53 bits per heavy atom. The smallest absolute Gasteiger partial charge is 0.416 e. The quantitative estimate of drug-likeness (QED) is 0.582. The minimum Gasteiger partial charge on any atom is -0.497 e. The molecule has 3 aromatic rings. The van der Waals surface area contributed by atoms with Gasteiger partial charge in [-0.15, -0.1) is 0 Å². The van der Waals surface area contributed by atoms with Gasteiger partial charge in [0.15, 0.2) is 0 Å². The molecule has 0 fully saturated rings. The van der Waals surface area contributed by atoms with Crippen LogP contribution in [-0.4, -0.2) is 21.2 Å². The SMILES string of the molecule is COc1ccc(Cn2c(Nc3cccc(C(F)(F)F)c3)nc(=O)n(C3C=CC=CC3)c2=O)cc1. The molecule has 0 saturated heterocycles. The highest BCUT2D eigenvalue weighted by Gasteiger charge is 2.30. The van der Waals surface area contributed by atoms with Crippen LogP contribution < -0.4 is 21.4 Å². The number of anilines is 2. The van der Waals surface area contributed by atoms with E-state index in [-0.39, 0.29) is 18.2 Å². The molecule has 2 aromatic carbocycles. The summed E-state index contributed by atoms with van der Waals surface area (Å²) < 4.78 is 46.9. The standard InChI is InChI=1S/C24H21F3N4O3/c1-34-20-12-10-16(11-13-20)15-30-21(28-18-7-5-6-17(14-18)24(25,26)27)29-22(32)31(23(30)33)19-8-3-2-4-9-19/h2-8,10-14,19H,9,15H2,1H3,(H,28,29,32). The van der Waals surface area contributed by atoms with Crippen LogP contribution in [0, 0.1) is 0 Å². The van der Waals surface area contributed by atoms with Crippen LogP contribution in [0.25, 0.3) is 0 Å². The molecule has 34 heavy (non-hydrogen) atoms. The average molecular weight is 470 g/mol. The van der Waals surface area contributed by atoms with E-state index in [4.69, 9.17) is 4.74 Å². The second kappa shape index (κ2) is 9.42. The second-order valence-corrected chi connectivity index (χ2v) is 7.62. The van der Waals surface area contributed by atoms with Crippen molar-refractivity contribution in [3.63, 3.8) is 0 Å². The van der Waals surface area contributed by atoms with Crippen LogP contribution in [0.5, 0.6) is 5.75 Å². The lowest BCUT2D eigenvalue weighted by molar-refractivity contribution is -0.137. The average Bonchev–Trinajstić information content (AvgIpc) is 2.82. The lowest BCUT2D eigenvalue weighted by Gasteiger charge is -2.20. The lowest BCUT2D eigenvalue weighted by Crippen LogP contribution is -2.44. The van der Waals surface area contributed by atoms with Gasteiger partial charge in [-0.1, -0.05) is 42.5 Å². The van der Waals surface area contributed by atoms with E-state index in [9.17, 15) is 22.8 Å². The molecule has 7 nitrogen and oxygen atoms in total. The number of benzene rings is 2. The summed E-state index contributed by atoms with van der Waals surface area (Å²) in [5.41, 5.74) is -1.54. The van der Waals surface area contributed by atoms with Gasteiger partial charge in [0.2, 0.25) is 5.95 Å². The minimum atomic E-state index is -4.54. The second-order valence-electron chi connectivity index (χ2n) is 7.62. The highest BCUT2D eigenvalue weighted by Crippen LogP contribution is 2.31. The molecule has 1 N–H and O–H groups in total. The van der Waals surface area contributed by atoms with Gasteiger partial charge in [0.25, 0.3) is 0 Å². The topological polar surface area (TPSA) is 78.2 Å². The van der Waals surface area contributed by atoms with Crippen LogP contribution in [-0.2, 0) is 12.7 Å². The molecular weight excluding hydrogens is 449 g/mol. The summed E-state index contributed by atoms with van der Waals surface area (Å²) >= 11 is 0. The number of alkyl halides is 3. The molecule has 1 aliphatic rings. The van der Waals surface area contributed by atoms with E-state index in [1.807, 2.05) is 12.2 Å². The summed E-state index contributed by atoms with van der Waals surface area (Å²) in [5, 5.41) is 2.72. The minimum absolute atomic E-state index is 0.0314. The predicted molar refractivity (Wildman–Crippen MR) is 122 cm³/mol. The summed E-state index contributed by atoms with van der Waals surface area (Å²) in [6, 6.07) is 10.9. The van der Waals surface area contributed by atoms with E-state index < -0.39 is 29.2 Å². The molecule has 1 aromatic heterocycles. The highest BCUT2D eigenvalue weighted by atomic mass is 19.4. The van der Waals surface area contributed by atoms with Crippen molar-refractivity contribution in [1.29, 1.82) is 0 Å². The van der Waals surface area contributed by atoms with Gasteiger partial charge in [-0.3, -0.25) is 4.57 Å². The van der Waals surface area contributed by atoms with E-state index in [1.54, 1.807) is 36.4 Å². The molecule has 0 aliphatic heterocycles. The van der Waals surface area contributed by atoms with Gasteiger partial charge in [0.1, 0.15) is 5.75 Å². The summed E-state index contributed by atoms with van der Waals surface area (Å²) in [6.45, 7) is 0.0314. The first-order chi connectivity index (χ1) is 16.3. The molecule has 1 unspecified atom stereocenters. The number of nitrogens with one attached hydrogen (secondary N) is 1. The molecule has 0 amide bonds. The third kappa shape index (κ3) is 4.95. The Labute approximate surface area is 192 Å². The summed E-state index contributed by atoms with van der Waals surface area (Å²) in [7, 11) is 1.53. The van der Waals surface area contributed by atoms with Crippen molar-refractivity contribution in [1.82, 2.24) is 14.1 Å². The zero-order chi connectivity index (χ0) is 24.3. The van der Waals surface area contributed by atoms with Crippen LogP contribution in [0.3, 0.4) is 0 Å². The molecule has 176 valence electrons. The van der Waals surface area contributed by atoms with E-state index in [0.717, 1.165) is 16.7 Å². The first kappa shape index (κ1) is 23.1. The number of allylic oxidation sites excluding steroid dienone is 4. The van der Waals surface area contributed by atoms with Gasteiger partial charge in [0.05, 0.1) is 25.3 Å². The first-order valence-corrected chi connectivity index (χ1v) is 10.4. The Balaban J connectivity index is 1.80. The van der Waals surface area contributed by atoms with Crippen molar-refractivity contribution >= 4 is 11.6 Å². The fourth-order valence-corrected chi connectivity index (χ4v) is 3.60. The Morgan fingerprint density at radius 2 is 1.88 bits per heavy atom. The number of methoxy groups -OCH3 is 1. The number of halogens is 3. The van der Waals surface area contributed by atoms with Gasteiger partial charge in [-0.2, -0.15) is 18.2 Å². The van der Waals surface area contributed by atoms with Crippen molar-refractivity contribution in [3.8, 4) is 5.75 Å². The van der Waals surface area contributed by atoms with E-state index in [1.165, 1.54) is 23.8 Å². The van der Waals surface area contributed by atoms with Crippen LogP contribution in [0.2, 0.25) is 0 Å². The molecule has 0 bridgehead atoms. The van der Waals surface area contributed by atoms with E-state index in [2.05, 4.69) is 10.3 Å². The Morgan fingerprint density at radius 1 is 1.12 bits per heavy atom. The maximum Gasteiger partial charge on any atom is 0.416 e. The highest BCUT2D eigenvalue weighted by molar-refractivity contribution is 5.55. The largest absolute Gasteiger partial charge is 0.497 e. The molecular formula is C24H21F3N4O3. The van der Waals surface area contributed by atoms with Crippen LogP contribution in [0.1, 0.15) is 23.6 Å².